The van der Waals surface area contributed by atoms with Crippen LogP contribution in [0.5, 0.6) is 0 Å². The zero-order valence-corrected chi connectivity index (χ0v) is 21.3. The van der Waals surface area contributed by atoms with Crippen LogP contribution in [0.3, 0.4) is 0 Å². The van der Waals surface area contributed by atoms with E-state index in [1.54, 1.807) is 0 Å². The third-order valence-electron chi connectivity index (χ3n) is 5.36. The molecule has 0 aliphatic heterocycles. The molecule has 0 radical (unpaired) electrons. The largest absolute Gasteiger partial charge is 0.345 e. The van der Waals surface area contributed by atoms with E-state index >= 15 is 0 Å². The molecule has 14 heteroatoms. The van der Waals surface area contributed by atoms with Gasteiger partial charge in [-0.15, -0.1) is 0 Å². The molecule has 1 N–H and O–H groups in total. The van der Waals surface area contributed by atoms with Crippen LogP contribution in [0.1, 0.15) is 28.4 Å². The van der Waals surface area contributed by atoms with Crippen LogP contribution < -0.4 is 5.32 Å². The number of rotatable bonds is 9. The third-order valence-corrected chi connectivity index (χ3v) is 6.94. The fraction of sp³-hybridized carbons (Fsp3) is 0.217. The second-order valence-electron chi connectivity index (χ2n) is 8.19. The van der Waals surface area contributed by atoms with Gasteiger partial charge in [-0.2, -0.15) is 13.5 Å². The minimum Gasteiger partial charge on any atom is -0.345 e. The smallest absolute Gasteiger partial charge is 0.264 e. The van der Waals surface area contributed by atoms with Crippen LogP contribution in [-0.2, 0) is 24.1 Å². The van der Waals surface area contributed by atoms with Crippen LogP contribution >= 0.6 is 0 Å². The summed E-state index contributed by atoms with van der Waals surface area (Å²) in [5.41, 5.74) is 1.64. The molecule has 1 atom stereocenters. The Hall–Kier alpha value is -3.75. The number of nitrogens with zero attached hydrogens (tertiary/aromatic N) is 4. The summed E-state index contributed by atoms with van der Waals surface area (Å²) in [5.74, 6) is -0.960. The van der Waals surface area contributed by atoms with E-state index in [2.05, 4.69) is 20.4 Å². The summed E-state index contributed by atoms with van der Waals surface area (Å²) in [7, 11) is -7.37. The molecule has 1 amide bonds. The van der Waals surface area contributed by atoms with Gasteiger partial charge in [-0.25, -0.2) is 22.5 Å². The van der Waals surface area contributed by atoms with Crippen molar-refractivity contribution in [3.63, 3.8) is 0 Å². The predicted octanol–water partition coefficient (Wildman–Crippen LogP) is 2.20. The molecule has 3 aromatic heterocycles. The first-order chi connectivity index (χ1) is 17.4. The Balaban J connectivity index is 1.67. The van der Waals surface area contributed by atoms with Gasteiger partial charge in [0.15, 0.2) is 14.9 Å². The number of fused-ring (bicyclic) bond motifs is 1. The van der Waals surface area contributed by atoms with Gasteiger partial charge in [0.1, 0.15) is 5.82 Å². The molecule has 11 nitrogen and oxygen atoms in total. The summed E-state index contributed by atoms with van der Waals surface area (Å²) in [5, 5.41) is 7.37. The number of carbonyl (C=O) groups is 1. The van der Waals surface area contributed by atoms with Crippen LogP contribution in [0.4, 0.5) is 4.39 Å². The van der Waals surface area contributed by atoms with Crippen LogP contribution in [0.15, 0.2) is 66.2 Å². The second kappa shape index (κ2) is 10.3. The first-order valence-corrected chi connectivity index (χ1v) is 14.5. The van der Waals surface area contributed by atoms with Gasteiger partial charge in [0, 0.05) is 24.0 Å². The number of carbonyl (C=O) groups excluding carboxylic acids is 1. The Labute approximate surface area is 212 Å². The molecule has 3 heterocycles. The first kappa shape index (κ1) is 26.3. The molecule has 0 bridgehead atoms. The Kier molecular flexibility index (Phi) is 7.34. The van der Waals surface area contributed by atoms with Crippen molar-refractivity contribution in [3.05, 3.63) is 78.1 Å². The molecule has 1 aromatic carbocycles. The number of pyridine rings is 2. The van der Waals surface area contributed by atoms with Gasteiger partial charge in [-0.1, -0.05) is 0 Å². The van der Waals surface area contributed by atoms with Crippen molar-refractivity contribution in [2.45, 2.75) is 17.5 Å². The summed E-state index contributed by atoms with van der Waals surface area (Å²) in [6.45, 7) is -0.259. The Morgan fingerprint density at radius 3 is 2.49 bits per heavy atom. The van der Waals surface area contributed by atoms with Crippen molar-refractivity contribution in [2.75, 3.05) is 19.1 Å². The van der Waals surface area contributed by atoms with Gasteiger partial charge >= 0.3 is 0 Å². The van der Waals surface area contributed by atoms with E-state index in [1.165, 1.54) is 65.9 Å². The number of hydrogen-bond donors (Lipinski definition) is 1. The molecule has 0 fully saturated rings. The number of sulfone groups is 1. The number of benzene rings is 1. The van der Waals surface area contributed by atoms with Crippen molar-refractivity contribution in [1.29, 1.82) is 0 Å². The Morgan fingerprint density at radius 1 is 1.08 bits per heavy atom. The molecule has 194 valence electrons. The van der Waals surface area contributed by atoms with E-state index in [0.717, 1.165) is 12.5 Å². The monoisotopic (exact) mass is 547 g/mol. The molecule has 0 aliphatic carbocycles. The third kappa shape index (κ3) is 6.34. The molecular formula is C23H22FN5O6S2. The van der Waals surface area contributed by atoms with E-state index in [-0.39, 0.29) is 23.6 Å². The maximum Gasteiger partial charge on any atom is 0.264 e. The molecule has 0 saturated heterocycles. The van der Waals surface area contributed by atoms with Gasteiger partial charge < -0.3 is 5.32 Å². The van der Waals surface area contributed by atoms with E-state index in [0.29, 0.717) is 22.2 Å². The van der Waals surface area contributed by atoms with E-state index < -0.39 is 37.7 Å². The maximum absolute atomic E-state index is 13.3. The van der Waals surface area contributed by atoms with Crippen LogP contribution in [0.25, 0.3) is 16.6 Å². The van der Waals surface area contributed by atoms with Crippen LogP contribution in [0.2, 0.25) is 0 Å². The van der Waals surface area contributed by atoms with Crippen molar-refractivity contribution < 1.29 is 30.2 Å². The Bertz CT molecular complexity index is 1670. The molecule has 4 rings (SSSR count). The highest BCUT2D eigenvalue weighted by molar-refractivity contribution is 7.90. The van der Waals surface area contributed by atoms with Gasteiger partial charge in [-0.05, 0) is 48.4 Å². The molecule has 0 aliphatic rings. The van der Waals surface area contributed by atoms with Crippen molar-refractivity contribution in [1.82, 2.24) is 25.1 Å². The Morgan fingerprint density at radius 2 is 1.81 bits per heavy atom. The van der Waals surface area contributed by atoms with Gasteiger partial charge in [-0.3, -0.25) is 14.0 Å². The van der Waals surface area contributed by atoms with Crippen molar-refractivity contribution >= 4 is 36.8 Å². The average Bonchev–Trinajstić information content (AvgIpc) is 3.27. The van der Waals surface area contributed by atoms with Gasteiger partial charge in [0.2, 0.25) is 0 Å². The molecule has 0 saturated carbocycles. The van der Waals surface area contributed by atoms with E-state index in [1.807, 2.05) is 0 Å². The second-order valence-corrected chi connectivity index (χ2v) is 11.8. The van der Waals surface area contributed by atoms with Crippen molar-refractivity contribution in [2.24, 2.45) is 0 Å². The molecular weight excluding hydrogens is 525 g/mol. The minimum atomic E-state index is -3.73. The lowest BCUT2D eigenvalue weighted by atomic mass is 10.0. The summed E-state index contributed by atoms with van der Waals surface area (Å²) < 4.78 is 66.5. The standard InChI is InChI=1S/C23H22FN5O6S2/c1-36(31,32)22-11-15(7-9-26-22)20(8-10-35-37(2,33)34)28-23(30)19-12-25-14-21-18(19)13-27-29(21)17-5-3-16(24)4-6-17/h3-7,9,11-14,20H,8,10H2,1-2H3,(H,28,30). The number of aromatic nitrogens is 4. The topological polar surface area (TPSA) is 150 Å². The lowest BCUT2D eigenvalue weighted by Gasteiger charge is -2.19. The highest BCUT2D eigenvalue weighted by Gasteiger charge is 2.22. The number of amides is 1. The number of hydrogen-bond acceptors (Lipinski definition) is 9. The van der Waals surface area contributed by atoms with Gasteiger partial charge in [0.05, 0.1) is 48.1 Å². The summed E-state index contributed by atoms with van der Waals surface area (Å²) in [6.07, 6.45) is 7.56. The summed E-state index contributed by atoms with van der Waals surface area (Å²) in [4.78, 5) is 21.3. The van der Waals surface area contributed by atoms with E-state index in [9.17, 15) is 26.0 Å². The normalized spacial score (nSPS) is 12.9. The lowest BCUT2D eigenvalue weighted by molar-refractivity contribution is 0.0933. The quantitative estimate of drug-likeness (QED) is 0.311. The van der Waals surface area contributed by atoms with Crippen LogP contribution in [0, 0.1) is 5.82 Å². The molecule has 0 spiro atoms. The average molecular weight is 548 g/mol. The zero-order valence-electron chi connectivity index (χ0n) is 19.7. The predicted molar refractivity (Wildman–Crippen MR) is 132 cm³/mol. The summed E-state index contributed by atoms with van der Waals surface area (Å²) >= 11 is 0. The molecule has 37 heavy (non-hydrogen) atoms. The van der Waals surface area contributed by atoms with Crippen LogP contribution in [-0.4, -0.2) is 61.6 Å². The first-order valence-electron chi connectivity index (χ1n) is 10.8. The maximum atomic E-state index is 13.3. The SMILES string of the molecule is CS(=O)(=O)OCCC(NC(=O)c1cncc2c1cnn2-c1ccc(F)cc1)c1ccnc(S(C)(=O)=O)c1. The minimum absolute atomic E-state index is 0.0181. The summed E-state index contributed by atoms with van der Waals surface area (Å²) in [6, 6.07) is 7.66. The zero-order chi connectivity index (χ0) is 26.8. The molecule has 4 aromatic rings. The fourth-order valence-electron chi connectivity index (χ4n) is 3.63. The number of halogens is 1. The molecule has 1 unspecified atom stereocenters. The lowest BCUT2D eigenvalue weighted by Crippen LogP contribution is -2.30. The van der Waals surface area contributed by atoms with Gasteiger partial charge in [0.25, 0.3) is 16.0 Å². The highest BCUT2D eigenvalue weighted by Crippen LogP contribution is 2.24. The number of nitrogens with one attached hydrogen (secondary N) is 1. The fourth-order valence-corrected chi connectivity index (χ4v) is 4.63. The highest BCUT2D eigenvalue weighted by atomic mass is 32.2. The van der Waals surface area contributed by atoms with E-state index in [4.69, 9.17) is 4.18 Å². The van der Waals surface area contributed by atoms with Crippen molar-refractivity contribution in [3.8, 4) is 5.69 Å².